The molecular weight excluding hydrogens is 237 g/mol. The molecule has 0 heterocycles. The highest BCUT2D eigenvalue weighted by Gasteiger charge is 2.12. The van der Waals surface area contributed by atoms with Gasteiger partial charge in [-0.1, -0.05) is 6.07 Å². The Bertz CT molecular complexity index is 486. The second-order valence-corrected chi connectivity index (χ2v) is 4.29. The SMILES string of the molecule is COCC(=O)Nc1cccc(S(=O)(=O)F)c1. The third-order valence-corrected chi connectivity index (χ3v) is 2.49. The predicted octanol–water partition coefficient (Wildman–Crippen LogP) is 0.930. The van der Waals surface area contributed by atoms with Gasteiger partial charge < -0.3 is 10.1 Å². The fraction of sp³-hybridized carbons (Fsp3) is 0.222. The van der Waals surface area contributed by atoms with E-state index in [0.29, 0.717) is 0 Å². The summed E-state index contributed by atoms with van der Waals surface area (Å²) in [5, 5.41) is 2.36. The van der Waals surface area contributed by atoms with E-state index in [1.165, 1.54) is 19.2 Å². The van der Waals surface area contributed by atoms with Crippen molar-refractivity contribution in [2.45, 2.75) is 4.90 Å². The molecule has 16 heavy (non-hydrogen) atoms. The summed E-state index contributed by atoms with van der Waals surface area (Å²) >= 11 is 0. The Kier molecular flexibility index (Phi) is 3.97. The Morgan fingerprint density at radius 1 is 1.50 bits per heavy atom. The molecule has 88 valence electrons. The molecule has 0 saturated heterocycles. The van der Waals surface area contributed by atoms with Gasteiger partial charge in [0.1, 0.15) is 11.5 Å². The second kappa shape index (κ2) is 5.04. The fourth-order valence-electron chi connectivity index (χ4n) is 1.05. The van der Waals surface area contributed by atoms with Crippen molar-refractivity contribution in [3.63, 3.8) is 0 Å². The topological polar surface area (TPSA) is 72.5 Å². The first kappa shape index (κ1) is 12.6. The Morgan fingerprint density at radius 3 is 2.75 bits per heavy atom. The van der Waals surface area contributed by atoms with Crippen LogP contribution < -0.4 is 5.32 Å². The van der Waals surface area contributed by atoms with Crippen LogP contribution in [0.1, 0.15) is 0 Å². The molecular formula is C9H10FNO4S. The number of hydrogen-bond acceptors (Lipinski definition) is 4. The maximum Gasteiger partial charge on any atom is 0.332 e. The van der Waals surface area contributed by atoms with Crippen molar-refractivity contribution in [1.82, 2.24) is 0 Å². The number of nitrogens with one attached hydrogen (secondary N) is 1. The normalized spacial score (nSPS) is 11.1. The van der Waals surface area contributed by atoms with Crippen LogP contribution in [-0.2, 0) is 19.8 Å². The number of anilines is 1. The van der Waals surface area contributed by atoms with Gasteiger partial charge in [0.2, 0.25) is 5.91 Å². The molecule has 1 N–H and O–H groups in total. The summed E-state index contributed by atoms with van der Waals surface area (Å²) in [6.45, 7) is -0.160. The standard InChI is InChI=1S/C9H10FNO4S/c1-15-6-9(12)11-7-3-2-4-8(5-7)16(10,13)14/h2-5H,6H2,1H3,(H,11,12). The van der Waals surface area contributed by atoms with Gasteiger partial charge in [-0.15, -0.1) is 3.89 Å². The minimum Gasteiger partial charge on any atom is -0.375 e. The van der Waals surface area contributed by atoms with E-state index >= 15 is 0 Å². The van der Waals surface area contributed by atoms with Crippen LogP contribution in [0.4, 0.5) is 9.57 Å². The van der Waals surface area contributed by atoms with Crippen LogP contribution in [0.15, 0.2) is 29.2 Å². The van der Waals surface area contributed by atoms with E-state index in [2.05, 4.69) is 10.1 Å². The van der Waals surface area contributed by atoms with Gasteiger partial charge >= 0.3 is 10.2 Å². The highest BCUT2D eigenvalue weighted by Crippen LogP contribution is 2.17. The summed E-state index contributed by atoms with van der Waals surface area (Å²) in [5.74, 6) is -0.448. The quantitative estimate of drug-likeness (QED) is 0.803. The highest BCUT2D eigenvalue weighted by molar-refractivity contribution is 7.86. The van der Waals surface area contributed by atoms with E-state index in [-0.39, 0.29) is 12.3 Å². The third kappa shape index (κ3) is 3.59. The molecule has 1 rings (SSSR count). The smallest absolute Gasteiger partial charge is 0.332 e. The van der Waals surface area contributed by atoms with Gasteiger partial charge in [0.25, 0.3) is 0 Å². The van der Waals surface area contributed by atoms with E-state index in [4.69, 9.17) is 0 Å². The van der Waals surface area contributed by atoms with Crippen molar-refractivity contribution in [2.24, 2.45) is 0 Å². The summed E-state index contributed by atoms with van der Waals surface area (Å²) in [4.78, 5) is 10.6. The van der Waals surface area contributed by atoms with Gasteiger partial charge in [0.05, 0.1) is 0 Å². The minimum atomic E-state index is -4.76. The van der Waals surface area contributed by atoms with Crippen molar-refractivity contribution in [1.29, 1.82) is 0 Å². The molecule has 0 aliphatic heterocycles. The Labute approximate surface area is 92.4 Å². The van der Waals surface area contributed by atoms with Crippen LogP contribution in [0.5, 0.6) is 0 Å². The summed E-state index contributed by atoms with van der Waals surface area (Å²) in [5.41, 5.74) is 0.195. The first-order valence-corrected chi connectivity index (χ1v) is 5.65. The van der Waals surface area contributed by atoms with Gasteiger partial charge in [-0.25, -0.2) is 0 Å². The van der Waals surface area contributed by atoms with Crippen molar-refractivity contribution >= 4 is 21.8 Å². The van der Waals surface area contributed by atoms with E-state index in [0.717, 1.165) is 12.1 Å². The molecule has 0 radical (unpaired) electrons. The molecule has 1 aromatic rings. The van der Waals surface area contributed by atoms with Crippen molar-refractivity contribution in [3.05, 3.63) is 24.3 Å². The van der Waals surface area contributed by atoms with Crippen molar-refractivity contribution < 1.29 is 21.8 Å². The first-order valence-electron chi connectivity index (χ1n) is 4.27. The zero-order valence-electron chi connectivity index (χ0n) is 8.44. The minimum absolute atomic E-state index is 0.160. The largest absolute Gasteiger partial charge is 0.375 e. The molecule has 7 heteroatoms. The van der Waals surface area contributed by atoms with Crippen LogP contribution in [0.3, 0.4) is 0 Å². The highest BCUT2D eigenvalue weighted by atomic mass is 32.3. The van der Waals surface area contributed by atoms with Crippen LogP contribution in [-0.4, -0.2) is 28.0 Å². The average molecular weight is 247 g/mol. The van der Waals surface area contributed by atoms with Gasteiger partial charge in [-0.2, -0.15) is 8.42 Å². The molecule has 0 saturated carbocycles. The van der Waals surface area contributed by atoms with Crippen LogP contribution >= 0.6 is 0 Å². The molecule has 0 unspecified atom stereocenters. The van der Waals surface area contributed by atoms with Gasteiger partial charge in [-0.3, -0.25) is 4.79 Å². The predicted molar refractivity (Wildman–Crippen MR) is 55.2 cm³/mol. The van der Waals surface area contributed by atoms with E-state index in [9.17, 15) is 17.1 Å². The number of ether oxygens (including phenoxy) is 1. The fourth-order valence-corrected chi connectivity index (χ4v) is 1.56. The molecule has 0 spiro atoms. The lowest BCUT2D eigenvalue weighted by Crippen LogP contribution is -2.17. The lowest BCUT2D eigenvalue weighted by Gasteiger charge is -2.04. The van der Waals surface area contributed by atoms with E-state index < -0.39 is 21.0 Å². The Balaban J connectivity index is 2.88. The third-order valence-electron chi connectivity index (χ3n) is 1.67. The summed E-state index contributed by atoms with van der Waals surface area (Å²) in [7, 11) is -3.41. The van der Waals surface area contributed by atoms with Crippen LogP contribution in [0.25, 0.3) is 0 Å². The molecule has 0 aliphatic rings. The average Bonchev–Trinajstić information content (AvgIpc) is 2.17. The number of methoxy groups -OCH3 is 1. The summed E-state index contributed by atoms with van der Waals surface area (Å²) in [6, 6.07) is 4.90. The van der Waals surface area contributed by atoms with Crippen LogP contribution in [0.2, 0.25) is 0 Å². The van der Waals surface area contributed by atoms with Crippen LogP contribution in [0, 0.1) is 0 Å². The molecule has 0 aromatic heterocycles. The lowest BCUT2D eigenvalue weighted by molar-refractivity contribution is -0.119. The number of carbonyl (C=O) groups excluding carboxylic acids is 1. The molecule has 0 aliphatic carbocycles. The second-order valence-electron chi connectivity index (χ2n) is 2.95. The van der Waals surface area contributed by atoms with Gasteiger partial charge in [-0.05, 0) is 18.2 Å². The van der Waals surface area contributed by atoms with E-state index in [1.54, 1.807) is 0 Å². The van der Waals surface area contributed by atoms with Crippen molar-refractivity contribution in [2.75, 3.05) is 19.0 Å². The van der Waals surface area contributed by atoms with Gasteiger partial charge in [0.15, 0.2) is 0 Å². The molecule has 0 fully saturated rings. The number of benzene rings is 1. The van der Waals surface area contributed by atoms with Crippen molar-refractivity contribution in [3.8, 4) is 0 Å². The number of halogens is 1. The molecule has 0 bridgehead atoms. The molecule has 1 amide bonds. The Morgan fingerprint density at radius 2 is 2.19 bits per heavy atom. The van der Waals surface area contributed by atoms with E-state index in [1.807, 2.05) is 0 Å². The maximum absolute atomic E-state index is 12.6. The monoisotopic (exact) mass is 247 g/mol. The summed E-state index contributed by atoms with van der Waals surface area (Å²) < 4.78 is 38.4. The number of rotatable bonds is 4. The zero-order valence-corrected chi connectivity index (χ0v) is 9.25. The first-order chi connectivity index (χ1) is 7.43. The molecule has 1 aromatic carbocycles. The summed E-state index contributed by atoms with van der Waals surface area (Å²) in [6.07, 6.45) is 0. The zero-order chi connectivity index (χ0) is 12.2. The molecule has 5 nitrogen and oxygen atoms in total. The molecule has 0 atom stereocenters. The number of carbonyl (C=O) groups is 1. The number of amides is 1. The lowest BCUT2D eigenvalue weighted by atomic mass is 10.3. The van der Waals surface area contributed by atoms with Gasteiger partial charge in [0, 0.05) is 12.8 Å². The number of hydrogen-bond donors (Lipinski definition) is 1. The Hall–Kier alpha value is -1.47. The maximum atomic E-state index is 12.6.